The maximum Gasteiger partial charge on any atom is 0.244 e. The van der Waals surface area contributed by atoms with Gasteiger partial charge in [0.25, 0.3) is 0 Å². The fraction of sp³-hybridized carbons (Fsp3) is 0.467. The van der Waals surface area contributed by atoms with Crippen LogP contribution in [0.5, 0.6) is 0 Å². The van der Waals surface area contributed by atoms with Crippen molar-refractivity contribution in [3.63, 3.8) is 0 Å². The van der Waals surface area contributed by atoms with Crippen LogP contribution in [0.15, 0.2) is 29.2 Å². The van der Waals surface area contributed by atoms with Gasteiger partial charge < -0.3 is 5.11 Å². The van der Waals surface area contributed by atoms with Gasteiger partial charge >= 0.3 is 0 Å². The minimum absolute atomic E-state index is 0.112. The van der Waals surface area contributed by atoms with Crippen molar-refractivity contribution in [2.75, 3.05) is 13.7 Å². The third-order valence-electron chi connectivity index (χ3n) is 3.38. The zero-order valence-electron chi connectivity index (χ0n) is 12.3. The lowest BCUT2D eigenvalue weighted by Crippen LogP contribution is -2.38. The average Bonchev–Trinajstić information content (AvgIpc) is 2.43. The second kappa shape index (κ2) is 6.89. The lowest BCUT2D eigenvalue weighted by molar-refractivity contribution is 0.315. The standard InChI is InChI=1S/C15H21NO3S/c1-12(2)13(3)16(4)20(18,19)15-10-6-5-8-14(15)9-7-11-17/h5-6,8,10,12-13,17H,11H2,1-4H3. The number of benzene rings is 1. The summed E-state index contributed by atoms with van der Waals surface area (Å²) in [4.78, 5) is 0.177. The molecule has 0 fully saturated rings. The first-order valence-electron chi connectivity index (χ1n) is 6.49. The highest BCUT2D eigenvalue weighted by Gasteiger charge is 2.28. The molecular weight excluding hydrogens is 274 g/mol. The molecule has 0 saturated heterocycles. The highest BCUT2D eigenvalue weighted by atomic mass is 32.2. The third kappa shape index (κ3) is 3.60. The molecule has 0 aliphatic heterocycles. The second-order valence-electron chi connectivity index (χ2n) is 4.96. The second-order valence-corrected chi connectivity index (χ2v) is 6.93. The van der Waals surface area contributed by atoms with Crippen molar-refractivity contribution in [3.05, 3.63) is 29.8 Å². The van der Waals surface area contributed by atoms with Crippen molar-refractivity contribution >= 4 is 10.0 Å². The van der Waals surface area contributed by atoms with E-state index in [1.807, 2.05) is 20.8 Å². The lowest BCUT2D eigenvalue weighted by atomic mass is 10.1. The van der Waals surface area contributed by atoms with Crippen LogP contribution in [0.25, 0.3) is 0 Å². The summed E-state index contributed by atoms with van der Waals surface area (Å²) in [7, 11) is -2.02. The third-order valence-corrected chi connectivity index (χ3v) is 5.39. The molecule has 110 valence electrons. The predicted octanol–water partition coefficient (Wildman–Crippen LogP) is 1.70. The highest BCUT2D eigenvalue weighted by molar-refractivity contribution is 7.89. The number of hydrogen-bond donors (Lipinski definition) is 1. The average molecular weight is 295 g/mol. The molecule has 0 bridgehead atoms. The fourth-order valence-corrected chi connectivity index (χ4v) is 3.36. The molecule has 20 heavy (non-hydrogen) atoms. The van der Waals surface area contributed by atoms with E-state index in [1.165, 1.54) is 4.31 Å². The molecule has 1 rings (SSSR count). The summed E-state index contributed by atoms with van der Waals surface area (Å²) in [6, 6.07) is 6.47. The van der Waals surface area contributed by atoms with Gasteiger partial charge in [-0.05, 0) is 25.0 Å². The van der Waals surface area contributed by atoms with E-state index in [4.69, 9.17) is 5.11 Å². The maximum atomic E-state index is 12.7. The summed E-state index contributed by atoms with van der Waals surface area (Å²) in [5.74, 6) is 5.39. The molecule has 0 radical (unpaired) electrons. The molecular formula is C15H21NO3S. The van der Waals surface area contributed by atoms with E-state index in [0.717, 1.165) is 0 Å². The quantitative estimate of drug-likeness (QED) is 0.860. The Morgan fingerprint density at radius 1 is 1.25 bits per heavy atom. The van der Waals surface area contributed by atoms with E-state index in [2.05, 4.69) is 11.8 Å². The normalized spacial score (nSPS) is 13.2. The number of rotatable bonds is 4. The first-order chi connectivity index (χ1) is 9.32. The first kappa shape index (κ1) is 16.7. The van der Waals surface area contributed by atoms with Gasteiger partial charge in [0.2, 0.25) is 10.0 Å². The van der Waals surface area contributed by atoms with Gasteiger partial charge in [0, 0.05) is 18.7 Å². The van der Waals surface area contributed by atoms with E-state index >= 15 is 0 Å². The van der Waals surface area contributed by atoms with Gasteiger partial charge in [-0.15, -0.1) is 0 Å². The Balaban J connectivity index is 3.29. The van der Waals surface area contributed by atoms with Crippen LogP contribution in [-0.2, 0) is 10.0 Å². The van der Waals surface area contributed by atoms with Gasteiger partial charge in [0.05, 0.1) is 4.90 Å². The van der Waals surface area contributed by atoms with Crippen LogP contribution in [0.1, 0.15) is 26.3 Å². The van der Waals surface area contributed by atoms with Gasteiger partial charge in [-0.25, -0.2) is 8.42 Å². The van der Waals surface area contributed by atoms with Gasteiger partial charge in [-0.2, -0.15) is 4.31 Å². The Bertz CT molecular complexity index is 611. The van der Waals surface area contributed by atoms with Crippen molar-refractivity contribution in [1.29, 1.82) is 0 Å². The number of hydrogen-bond acceptors (Lipinski definition) is 3. The highest BCUT2D eigenvalue weighted by Crippen LogP contribution is 2.22. The summed E-state index contributed by atoms with van der Waals surface area (Å²) in [5, 5.41) is 8.76. The molecule has 1 aromatic carbocycles. The Hall–Kier alpha value is -1.35. The van der Waals surface area contributed by atoms with Crippen LogP contribution < -0.4 is 0 Å². The van der Waals surface area contributed by atoms with Gasteiger partial charge in [0.15, 0.2) is 0 Å². The van der Waals surface area contributed by atoms with Gasteiger partial charge in [0.1, 0.15) is 6.61 Å². The molecule has 5 heteroatoms. The molecule has 1 unspecified atom stereocenters. The van der Waals surface area contributed by atoms with E-state index in [9.17, 15) is 8.42 Å². The van der Waals surface area contributed by atoms with E-state index < -0.39 is 10.0 Å². The Morgan fingerprint density at radius 3 is 2.40 bits per heavy atom. The minimum atomic E-state index is -3.60. The Morgan fingerprint density at radius 2 is 1.85 bits per heavy atom. The summed E-state index contributed by atoms with van der Waals surface area (Å²) in [6.45, 7) is 5.54. The van der Waals surface area contributed by atoms with Crippen molar-refractivity contribution in [3.8, 4) is 11.8 Å². The maximum absolute atomic E-state index is 12.7. The summed E-state index contributed by atoms with van der Waals surface area (Å²) in [5.41, 5.74) is 0.407. The lowest BCUT2D eigenvalue weighted by Gasteiger charge is -2.27. The SMILES string of the molecule is CC(C)C(C)N(C)S(=O)(=O)c1ccccc1C#CCO. The smallest absolute Gasteiger partial charge is 0.244 e. The van der Waals surface area contributed by atoms with Crippen molar-refractivity contribution in [2.45, 2.75) is 31.7 Å². The molecule has 1 aromatic rings. The Kier molecular flexibility index (Phi) is 5.75. The summed E-state index contributed by atoms with van der Waals surface area (Å²) < 4.78 is 26.7. The molecule has 0 heterocycles. The first-order valence-corrected chi connectivity index (χ1v) is 7.93. The zero-order chi connectivity index (χ0) is 15.3. The van der Waals surface area contributed by atoms with Crippen LogP contribution in [0.3, 0.4) is 0 Å². The van der Waals surface area contributed by atoms with Crippen molar-refractivity contribution in [2.24, 2.45) is 5.92 Å². The number of sulfonamides is 1. The van der Waals surface area contributed by atoms with Crippen LogP contribution in [-0.4, -0.2) is 37.5 Å². The van der Waals surface area contributed by atoms with Crippen LogP contribution in [0.2, 0.25) is 0 Å². The van der Waals surface area contributed by atoms with E-state index in [1.54, 1.807) is 31.3 Å². The fourth-order valence-electron chi connectivity index (χ4n) is 1.72. The molecule has 0 aliphatic carbocycles. The molecule has 0 aliphatic rings. The van der Waals surface area contributed by atoms with E-state index in [0.29, 0.717) is 5.56 Å². The summed E-state index contributed by atoms with van der Waals surface area (Å²) >= 11 is 0. The monoisotopic (exact) mass is 295 g/mol. The molecule has 0 saturated carbocycles. The Labute approximate surface area is 121 Å². The largest absolute Gasteiger partial charge is 0.384 e. The zero-order valence-corrected chi connectivity index (χ0v) is 13.1. The summed E-state index contributed by atoms with van der Waals surface area (Å²) in [6.07, 6.45) is 0. The number of aliphatic hydroxyl groups is 1. The molecule has 0 aromatic heterocycles. The molecule has 1 atom stereocenters. The topological polar surface area (TPSA) is 57.6 Å². The van der Waals surface area contributed by atoms with Gasteiger partial charge in [-0.3, -0.25) is 0 Å². The van der Waals surface area contributed by atoms with Crippen LogP contribution in [0, 0.1) is 17.8 Å². The molecule has 0 amide bonds. The van der Waals surface area contributed by atoms with Gasteiger partial charge in [-0.1, -0.05) is 37.8 Å². The molecule has 4 nitrogen and oxygen atoms in total. The predicted molar refractivity (Wildman–Crippen MR) is 79.7 cm³/mol. The van der Waals surface area contributed by atoms with Crippen LogP contribution in [0.4, 0.5) is 0 Å². The number of aliphatic hydroxyl groups excluding tert-OH is 1. The van der Waals surface area contributed by atoms with Crippen LogP contribution >= 0.6 is 0 Å². The number of nitrogens with zero attached hydrogens (tertiary/aromatic N) is 1. The van der Waals surface area contributed by atoms with Crippen molar-refractivity contribution in [1.82, 2.24) is 4.31 Å². The molecule has 1 N–H and O–H groups in total. The van der Waals surface area contributed by atoms with Crippen molar-refractivity contribution < 1.29 is 13.5 Å². The minimum Gasteiger partial charge on any atom is -0.384 e. The van der Waals surface area contributed by atoms with E-state index in [-0.39, 0.29) is 23.5 Å². The molecule has 0 spiro atoms.